The maximum atomic E-state index is 10.6. The van der Waals surface area contributed by atoms with Crippen molar-refractivity contribution < 1.29 is 4.92 Å². The number of anilines is 1. The van der Waals surface area contributed by atoms with Gasteiger partial charge in [0.15, 0.2) is 0 Å². The van der Waals surface area contributed by atoms with Crippen molar-refractivity contribution in [3.05, 3.63) is 50.3 Å². The van der Waals surface area contributed by atoms with Gasteiger partial charge in [0.05, 0.1) is 20.1 Å². The van der Waals surface area contributed by atoms with Gasteiger partial charge in [-0.25, -0.2) is 4.98 Å². The molecule has 0 fully saturated rings. The van der Waals surface area contributed by atoms with Crippen molar-refractivity contribution in [2.45, 2.75) is 13.5 Å². The zero-order valence-electron chi connectivity index (χ0n) is 10.6. The molecule has 5 nitrogen and oxygen atoms in total. The molecule has 0 amide bonds. The quantitative estimate of drug-likeness (QED) is 0.580. The van der Waals surface area contributed by atoms with Gasteiger partial charge >= 0.3 is 5.00 Å². The smallest absolute Gasteiger partial charge is 0.324 e. The van der Waals surface area contributed by atoms with E-state index in [2.05, 4.69) is 16.4 Å². The van der Waals surface area contributed by atoms with Crippen LogP contribution in [0.15, 0.2) is 30.3 Å². The summed E-state index contributed by atoms with van der Waals surface area (Å²) < 4.78 is 1.14. The average molecular weight is 305 g/mol. The van der Waals surface area contributed by atoms with Crippen LogP contribution in [-0.2, 0) is 6.54 Å². The van der Waals surface area contributed by atoms with Crippen LogP contribution in [0, 0.1) is 17.0 Å². The van der Waals surface area contributed by atoms with Crippen molar-refractivity contribution in [3.63, 3.8) is 0 Å². The first-order valence-electron chi connectivity index (χ1n) is 5.96. The lowest BCUT2D eigenvalue weighted by Gasteiger charge is -2.03. The van der Waals surface area contributed by atoms with Crippen molar-refractivity contribution in [1.82, 2.24) is 4.98 Å². The zero-order valence-corrected chi connectivity index (χ0v) is 12.3. The highest BCUT2D eigenvalue weighted by molar-refractivity contribution is 7.18. The van der Waals surface area contributed by atoms with Gasteiger partial charge in [0, 0.05) is 23.2 Å². The van der Waals surface area contributed by atoms with Crippen LogP contribution in [0.1, 0.15) is 9.88 Å². The zero-order chi connectivity index (χ0) is 14.1. The lowest BCUT2D eigenvalue weighted by molar-refractivity contribution is -0.380. The molecule has 0 saturated carbocycles. The second-order valence-corrected chi connectivity index (χ2v) is 6.65. The van der Waals surface area contributed by atoms with Gasteiger partial charge in [0.2, 0.25) is 0 Å². The van der Waals surface area contributed by atoms with Crippen molar-refractivity contribution in [2.24, 2.45) is 0 Å². The van der Waals surface area contributed by atoms with E-state index >= 15 is 0 Å². The predicted octanol–water partition coefficient (Wildman–Crippen LogP) is 4.19. The number of hydrogen-bond donors (Lipinski definition) is 1. The number of nitrogens with zero attached hydrogens (tertiary/aromatic N) is 2. The Morgan fingerprint density at radius 3 is 2.90 bits per heavy atom. The van der Waals surface area contributed by atoms with E-state index in [-0.39, 0.29) is 9.92 Å². The molecular weight excluding hydrogens is 294 g/mol. The summed E-state index contributed by atoms with van der Waals surface area (Å²) >= 11 is 2.85. The minimum Gasteiger partial charge on any atom is -0.380 e. The summed E-state index contributed by atoms with van der Waals surface area (Å²) in [5, 5.41) is 15.1. The molecule has 0 bridgehead atoms. The Kier molecular flexibility index (Phi) is 3.37. The van der Waals surface area contributed by atoms with Crippen LogP contribution < -0.4 is 5.32 Å². The minimum atomic E-state index is -0.361. The molecule has 2 heterocycles. The topological polar surface area (TPSA) is 68.1 Å². The molecule has 1 N–H and O–H groups in total. The van der Waals surface area contributed by atoms with Crippen LogP contribution >= 0.6 is 22.7 Å². The van der Waals surface area contributed by atoms with Crippen molar-refractivity contribution in [2.75, 3.05) is 5.32 Å². The number of nitrogens with one attached hydrogen (secondary N) is 1. The molecule has 0 atom stereocenters. The molecule has 0 aliphatic heterocycles. The van der Waals surface area contributed by atoms with Gasteiger partial charge in [-0.1, -0.05) is 11.3 Å². The molecule has 3 aromatic rings. The number of nitro groups is 1. The van der Waals surface area contributed by atoms with E-state index in [4.69, 9.17) is 0 Å². The first-order valence-corrected chi connectivity index (χ1v) is 7.59. The van der Waals surface area contributed by atoms with Gasteiger partial charge in [0.25, 0.3) is 0 Å². The average Bonchev–Trinajstić information content (AvgIpc) is 3.00. The summed E-state index contributed by atoms with van der Waals surface area (Å²) in [7, 11) is 0. The molecule has 1 aromatic carbocycles. The third-order valence-corrected chi connectivity index (χ3v) is 4.76. The minimum absolute atomic E-state index is 0.176. The predicted molar refractivity (Wildman–Crippen MR) is 82.7 cm³/mol. The van der Waals surface area contributed by atoms with Crippen molar-refractivity contribution in [1.29, 1.82) is 0 Å². The molecule has 0 aliphatic carbocycles. The highest BCUT2D eigenvalue weighted by Gasteiger charge is 2.09. The lowest BCUT2D eigenvalue weighted by atomic mass is 10.3. The fraction of sp³-hybridized carbons (Fsp3) is 0.154. The molecule has 0 radical (unpaired) electrons. The van der Waals surface area contributed by atoms with Gasteiger partial charge < -0.3 is 5.32 Å². The van der Waals surface area contributed by atoms with Crippen LogP contribution in [0.25, 0.3) is 10.2 Å². The molecule has 0 aliphatic rings. The number of aromatic nitrogens is 1. The summed E-state index contributed by atoms with van der Waals surface area (Å²) in [4.78, 5) is 15.6. The number of aryl methyl sites for hydroxylation is 1. The van der Waals surface area contributed by atoms with E-state index in [0.29, 0.717) is 6.54 Å². The largest absolute Gasteiger partial charge is 0.380 e. The van der Waals surface area contributed by atoms with E-state index in [1.807, 2.05) is 19.1 Å². The van der Waals surface area contributed by atoms with E-state index in [1.165, 1.54) is 17.4 Å². The summed E-state index contributed by atoms with van der Waals surface area (Å²) in [6.45, 7) is 2.57. The van der Waals surface area contributed by atoms with Crippen LogP contribution in [0.2, 0.25) is 0 Å². The molecule has 0 spiro atoms. The Labute approximate surface area is 123 Å². The fourth-order valence-corrected chi connectivity index (χ4v) is 3.52. The van der Waals surface area contributed by atoms with Crippen molar-refractivity contribution in [3.8, 4) is 0 Å². The van der Waals surface area contributed by atoms with E-state index in [1.54, 1.807) is 17.4 Å². The molecule has 0 saturated heterocycles. The summed E-state index contributed by atoms with van der Waals surface area (Å²) in [6.07, 6.45) is 0. The lowest BCUT2D eigenvalue weighted by Crippen LogP contribution is -1.96. The first-order chi connectivity index (χ1) is 9.61. The maximum absolute atomic E-state index is 10.6. The number of thiophene rings is 1. The van der Waals surface area contributed by atoms with Crippen LogP contribution in [0.5, 0.6) is 0 Å². The van der Waals surface area contributed by atoms with Gasteiger partial charge in [-0.3, -0.25) is 10.1 Å². The van der Waals surface area contributed by atoms with E-state index in [9.17, 15) is 10.1 Å². The Hall–Kier alpha value is -1.99. The molecular formula is C13H11N3O2S2. The molecule has 3 rings (SSSR count). The number of fused-ring (bicyclic) bond motifs is 1. The third kappa shape index (κ3) is 2.63. The van der Waals surface area contributed by atoms with Gasteiger partial charge in [0.1, 0.15) is 0 Å². The Morgan fingerprint density at radius 2 is 2.15 bits per heavy atom. The number of hydrogen-bond acceptors (Lipinski definition) is 6. The second kappa shape index (κ2) is 5.18. The Morgan fingerprint density at radius 1 is 1.30 bits per heavy atom. The van der Waals surface area contributed by atoms with E-state index < -0.39 is 0 Å². The highest BCUT2D eigenvalue weighted by atomic mass is 32.1. The standard InChI is InChI=1S/C13H11N3O2S2/c1-8-15-11-4-2-9(6-12(11)19-8)14-7-10-3-5-13(20-10)16(17)18/h2-6,14H,7H2,1H3. The summed E-state index contributed by atoms with van der Waals surface area (Å²) in [6, 6.07) is 9.34. The Balaban J connectivity index is 1.73. The third-order valence-electron chi connectivity index (χ3n) is 2.79. The second-order valence-electron chi connectivity index (χ2n) is 4.27. The van der Waals surface area contributed by atoms with E-state index in [0.717, 1.165) is 25.8 Å². The first kappa shape index (κ1) is 13.0. The molecule has 2 aromatic heterocycles. The van der Waals surface area contributed by atoms with Crippen molar-refractivity contribution >= 4 is 43.6 Å². The van der Waals surface area contributed by atoms with Gasteiger partial charge in [-0.2, -0.15) is 0 Å². The van der Waals surface area contributed by atoms with Crippen LogP contribution in [-0.4, -0.2) is 9.91 Å². The summed E-state index contributed by atoms with van der Waals surface area (Å²) in [5.74, 6) is 0. The number of thiazole rings is 1. The number of rotatable bonds is 4. The van der Waals surface area contributed by atoms with Crippen LogP contribution in [0.4, 0.5) is 10.7 Å². The SMILES string of the molecule is Cc1nc2ccc(NCc3ccc([N+](=O)[O-])s3)cc2s1. The highest BCUT2D eigenvalue weighted by Crippen LogP contribution is 2.27. The van der Waals surface area contributed by atoms with Crippen LogP contribution in [0.3, 0.4) is 0 Å². The number of benzene rings is 1. The van der Waals surface area contributed by atoms with Gasteiger partial charge in [-0.05, 0) is 31.2 Å². The fourth-order valence-electron chi connectivity index (χ4n) is 1.90. The maximum Gasteiger partial charge on any atom is 0.324 e. The molecule has 102 valence electrons. The van der Waals surface area contributed by atoms with Gasteiger partial charge in [-0.15, -0.1) is 11.3 Å². The summed E-state index contributed by atoms with van der Waals surface area (Å²) in [5.41, 5.74) is 2.00. The molecule has 7 heteroatoms. The molecule has 0 unspecified atom stereocenters. The molecule has 20 heavy (non-hydrogen) atoms. The monoisotopic (exact) mass is 305 g/mol. The normalized spacial score (nSPS) is 10.8. The Bertz CT molecular complexity index is 779.